The summed E-state index contributed by atoms with van der Waals surface area (Å²) in [6, 6.07) is 10.1. The van der Waals surface area contributed by atoms with E-state index in [1.54, 1.807) is 11.8 Å². The summed E-state index contributed by atoms with van der Waals surface area (Å²) >= 11 is 2.88. The van der Waals surface area contributed by atoms with E-state index in [9.17, 15) is 0 Å². The first-order chi connectivity index (χ1) is 10.8. The third kappa shape index (κ3) is 3.46. The zero-order valence-corrected chi connectivity index (χ0v) is 13.3. The fourth-order valence-corrected chi connectivity index (χ4v) is 3.43. The molecule has 8 heteroatoms. The average molecular weight is 333 g/mol. The van der Waals surface area contributed by atoms with Gasteiger partial charge in [-0.3, -0.25) is 0 Å². The van der Waals surface area contributed by atoms with E-state index in [4.69, 9.17) is 10.8 Å². The number of hydrogen-bond donors (Lipinski definition) is 3. The van der Waals surface area contributed by atoms with Gasteiger partial charge < -0.3 is 16.2 Å². The van der Waals surface area contributed by atoms with Gasteiger partial charge in [0.2, 0.25) is 0 Å². The molecule has 3 rings (SSSR count). The van der Waals surface area contributed by atoms with Crippen molar-refractivity contribution in [2.75, 3.05) is 24.2 Å². The van der Waals surface area contributed by atoms with Crippen molar-refractivity contribution in [3.05, 3.63) is 35.9 Å². The second kappa shape index (κ2) is 6.91. The topological polar surface area (TPSA) is 97.0 Å². The van der Waals surface area contributed by atoms with Crippen molar-refractivity contribution >= 4 is 44.4 Å². The summed E-state index contributed by atoms with van der Waals surface area (Å²) in [4.78, 5) is 13.2. The quantitative estimate of drug-likeness (QED) is 0.470. The third-order valence-electron chi connectivity index (χ3n) is 2.86. The minimum atomic E-state index is 0.0340. The second-order valence-corrected chi connectivity index (χ2v) is 6.46. The highest BCUT2D eigenvalue weighted by Crippen LogP contribution is 2.31. The van der Waals surface area contributed by atoms with Crippen LogP contribution >= 0.6 is 23.1 Å². The van der Waals surface area contributed by atoms with Gasteiger partial charge in [0.1, 0.15) is 4.70 Å². The van der Waals surface area contributed by atoms with Crippen LogP contribution in [0.1, 0.15) is 5.56 Å². The van der Waals surface area contributed by atoms with E-state index in [0.717, 1.165) is 10.5 Å². The third-order valence-corrected chi connectivity index (χ3v) is 4.66. The number of aliphatic hydroxyl groups is 1. The average Bonchev–Trinajstić information content (AvgIpc) is 2.92. The maximum absolute atomic E-state index is 8.98. The molecule has 0 aliphatic rings. The number of nitrogens with two attached hydrogens (primary N) is 1. The number of thiazole rings is 1. The van der Waals surface area contributed by atoms with Crippen LogP contribution in [0.5, 0.6) is 0 Å². The second-order valence-electron chi connectivity index (χ2n) is 4.48. The molecule has 0 fully saturated rings. The maximum Gasteiger partial charge on any atom is 0.191 e. The van der Waals surface area contributed by atoms with Crippen molar-refractivity contribution in [2.24, 2.45) is 0 Å². The fourth-order valence-electron chi connectivity index (χ4n) is 1.90. The molecule has 114 valence electrons. The summed E-state index contributed by atoms with van der Waals surface area (Å²) in [5.41, 5.74) is 7.56. The number of anilines is 2. The zero-order chi connectivity index (χ0) is 15.4. The summed E-state index contributed by atoms with van der Waals surface area (Å²) in [6.45, 7) is 0.457. The Balaban J connectivity index is 1.85. The Kier molecular flexibility index (Phi) is 4.71. The maximum atomic E-state index is 8.98. The number of nitrogens with one attached hydrogen (secondary N) is 1. The van der Waals surface area contributed by atoms with Crippen LogP contribution < -0.4 is 11.1 Å². The van der Waals surface area contributed by atoms with Crippen LogP contribution in [0.15, 0.2) is 35.5 Å². The lowest BCUT2D eigenvalue weighted by atomic mass is 10.2. The monoisotopic (exact) mass is 333 g/mol. The Morgan fingerprint density at radius 2 is 2.00 bits per heavy atom. The van der Waals surface area contributed by atoms with Crippen LogP contribution in [0.2, 0.25) is 0 Å². The largest absolute Gasteiger partial charge is 0.395 e. The molecule has 0 bridgehead atoms. The van der Waals surface area contributed by atoms with Crippen LogP contribution in [0.3, 0.4) is 0 Å². The minimum Gasteiger partial charge on any atom is -0.395 e. The van der Waals surface area contributed by atoms with Crippen LogP contribution in [-0.4, -0.2) is 33.2 Å². The molecular formula is C14H15N5OS2. The van der Waals surface area contributed by atoms with Gasteiger partial charge in [0, 0.05) is 12.3 Å². The Morgan fingerprint density at radius 1 is 1.18 bits per heavy atom. The Labute approximate surface area is 135 Å². The molecule has 2 aromatic heterocycles. The van der Waals surface area contributed by atoms with Crippen LogP contribution in [0.25, 0.3) is 10.3 Å². The van der Waals surface area contributed by atoms with E-state index in [-0.39, 0.29) is 6.61 Å². The molecule has 1 aromatic carbocycles. The SMILES string of the molecule is Nc1nc2nc(SCc3ccccc3)nc(NCCO)c2s1. The molecule has 0 saturated carbocycles. The van der Waals surface area contributed by atoms with E-state index in [1.807, 2.05) is 18.2 Å². The van der Waals surface area contributed by atoms with Crippen molar-refractivity contribution in [3.8, 4) is 0 Å². The van der Waals surface area contributed by atoms with Gasteiger partial charge in [-0.15, -0.1) is 0 Å². The van der Waals surface area contributed by atoms with Gasteiger partial charge in [0.15, 0.2) is 21.8 Å². The molecule has 4 N–H and O–H groups in total. The number of rotatable bonds is 6. The summed E-state index contributed by atoms with van der Waals surface area (Å²) in [7, 11) is 0. The number of benzene rings is 1. The Bertz CT molecular complexity index is 763. The number of aliphatic hydroxyl groups excluding tert-OH is 1. The number of nitrogen functional groups attached to an aromatic ring is 1. The first-order valence-electron chi connectivity index (χ1n) is 6.72. The predicted octanol–water partition coefficient (Wildman–Crippen LogP) is 2.37. The lowest BCUT2D eigenvalue weighted by Gasteiger charge is -2.06. The van der Waals surface area contributed by atoms with Crippen LogP contribution in [0.4, 0.5) is 10.9 Å². The number of nitrogens with zero attached hydrogens (tertiary/aromatic N) is 3. The van der Waals surface area contributed by atoms with Gasteiger partial charge in [-0.25, -0.2) is 15.0 Å². The van der Waals surface area contributed by atoms with Crippen molar-refractivity contribution in [1.82, 2.24) is 15.0 Å². The fraction of sp³-hybridized carbons (Fsp3) is 0.214. The number of hydrogen-bond acceptors (Lipinski definition) is 8. The van der Waals surface area contributed by atoms with Crippen LogP contribution in [0, 0.1) is 0 Å². The van der Waals surface area contributed by atoms with Crippen molar-refractivity contribution in [2.45, 2.75) is 10.9 Å². The zero-order valence-electron chi connectivity index (χ0n) is 11.7. The molecule has 0 aliphatic carbocycles. The van der Waals surface area contributed by atoms with Crippen molar-refractivity contribution in [3.63, 3.8) is 0 Å². The molecule has 0 unspecified atom stereocenters. The first kappa shape index (κ1) is 15.0. The molecule has 0 atom stereocenters. The number of fused-ring (bicyclic) bond motifs is 1. The van der Waals surface area contributed by atoms with Gasteiger partial charge in [0.05, 0.1) is 6.61 Å². The molecule has 22 heavy (non-hydrogen) atoms. The van der Waals surface area contributed by atoms with Crippen molar-refractivity contribution < 1.29 is 5.11 Å². The van der Waals surface area contributed by atoms with Gasteiger partial charge in [0.25, 0.3) is 0 Å². The first-order valence-corrected chi connectivity index (χ1v) is 8.52. The summed E-state index contributed by atoms with van der Waals surface area (Å²) in [5.74, 6) is 1.45. The van der Waals surface area contributed by atoms with E-state index in [1.165, 1.54) is 16.9 Å². The Hall–Kier alpha value is -1.90. The number of thioether (sulfide) groups is 1. The molecule has 6 nitrogen and oxygen atoms in total. The molecule has 0 amide bonds. The van der Waals surface area contributed by atoms with Crippen LogP contribution in [-0.2, 0) is 5.75 Å². The molecule has 0 radical (unpaired) electrons. The molecule has 2 heterocycles. The lowest BCUT2D eigenvalue weighted by molar-refractivity contribution is 0.311. The van der Waals surface area contributed by atoms with E-state index >= 15 is 0 Å². The van der Waals surface area contributed by atoms with Gasteiger partial charge in [-0.2, -0.15) is 0 Å². The van der Waals surface area contributed by atoms with E-state index in [0.29, 0.717) is 28.3 Å². The van der Waals surface area contributed by atoms with Gasteiger partial charge in [-0.05, 0) is 5.56 Å². The molecule has 0 aliphatic heterocycles. The summed E-state index contributed by atoms with van der Waals surface area (Å²) < 4.78 is 0.815. The molecule has 0 saturated heterocycles. The Morgan fingerprint density at radius 3 is 2.77 bits per heavy atom. The smallest absolute Gasteiger partial charge is 0.191 e. The highest BCUT2D eigenvalue weighted by Gasteiger charge is 2.12. The van der Waals surface area contributed by atoms with Gasteiger partial charge in [-0.1, -0.05) is 53.4 Å². The minimum absolute atomic E-state index is 0.0340. The molecule has 3 aromatic rings. The van der Waals surface area contributed by atoms with Gasteiger partial charge >= 0.3 is 0 Å². The summed E-state index contributed by atoms with van der Waals surface area (Å²) in [6.07, 6.45) is 0. The van der Waals surface area contributed by atoms with E-state index < -0.39 is 0 Å². The summed E-state index contributed by atoms with van der Waals surface area (Å²) in [5, 5.41) is 13.2. The van der Waals surface area contributed by atoms with Crippen molar-refractivity contribution in [1.29, 1.82) is 0 Å². The normalized spacial score (nSPS) is 11.0. The standard InChI is InChI=1S/C14H15N5OS2/c15-13-17-12-10(22-13)11(16-6-7-20)18-14(19-12)21-8-9-4-2-1-3-5-9/h1-5,20H,6-8H2,(H3,15,16,17,18,19). The highest BCUT2D eigenvalue weighted by molar-refractivity contribution is 7.98. The molecule has 0 spiro atoms. The lowest BCUT2D eigenvalue weighted by Crippen LogP contribution is -2.08. The number of aromatic nitrogens is 3. The molecular weight excluding hydrogens is 318 g/mol. The van der Waals surface area contributed by atoms with E-state index in [2.05, 4.69) is 32.4 Å². The predicted molar refractivity (Wildman–Crippen MR) is 91.2 cm³/mol. The highest BCUT2D eigenvalue weighted by atomic mass is 32.2.